The molecule has 3 rings (SSSR count). The van der Waals surface area contributed by atoms with Gasteiger partial charge in [0.1, 0.15) is 73.3 Å². The SMILES string of the molecule is CC(=O)NC1[C@H](OCCCNC(=O)CCOCC(COCCC(=O)NCCCO[C@@H]2OC(CO)[C@H](O)[C@H](O)C2NC(C)=O)(COCCC(O)NCCCO[C@@H]2CC(CO)[C@H](O)[C@H](O)C2NC(C)=O)NC(=O)CCC(=O)NCOC(C)C)OC(CO)[C@H](O)[C@@H]1O. The van der Waals surface area contributed by atoms with Gasteiger partial charge < -0.3 is 131 Å². The molecule has 0 radical (unpaired) electrons. The van der Waals surface area contributed by atoms with E-state index in [2.05, 4.69) is 42.5 Å². The molecule has 34 heteroatoms. The maximum absolute atomic E-state index is 13.7. The van der Waals surface area contributed by atoms with Gasteiger partial charge in [0.15, 0.2) is 12.6 Å². The van der Waals surface area contributed by atoms with Crippen LogP contribution in [0.25, 0.3) is 0 Å². The normalized spacial score (nSPS) is 28.0. The van der Waals surface area contributed by atoms with Crippen molar-refractivity contribution in [1.29, 1.82) is 0 Å². The molecule has 0 aromatic carbocycles. The highest BCUT2D eigenvalue weighted by Crippen LogP contribution is 2.29. The lowest BCUT2D eigenvalue weighted by Gasteiger charge is -2.42. The van der Waals surface area contributed by atoms with Crippen molar-refractivity contribution in [2.24, 2.45) is 5.92 Å². The summed E-state index contributed by atoms with van der Waals surface area (Å²) in [5.74, 6) is -4.17. The van der Waals surface area contributed by atoms with Gasteiger partial charge in [0.25, 0.3) is 0 Å². The van der Waals surface area contributed by atoms with Crippen molar-refractivity contribution < 1.29 is 127 Å². The molecule has 0 bridgehead atoms. The molecular weight excluding hydrogens is 1190 g/mol. The third kappa shape index (κ3) is 29.3. The van der Waals surface area contributed by atoms with Crippen LogP contribution in [-0.2, 0) is 76.2 Å². The molecule has 0 spiro atoms. The first-order valence-corrected chi connectivity index (χ1v) is 30.1. The monoisotopic (exact) mass is 1290 g/mol. The average Bonchev–Trinajstić information content (AvgIpc) is 2.16. The molecule has 1 saturated carbocycles. The Morgan fingerprint density at radius 2 is 0.955 bits per heavy atom. The summed E-state index contributed by atoms with van der Waals surface area (Å²) in [5, 5.41) is 124. The van der Waals surface area contributed by atoms with Gasteiger partial charge in [-0.25, -0.2) is 0 Å². The van der Waals surface area contributed by atoms with Gasteiger partial charge in [0, 0.05) is 85.1 Å². The fourth-order valence-corrected chi connectivity index (χ4v) is 9.67. The highest BCUT2D eigenvalue weighted by atomic mass is 16.7. The zero-order valence-corrected chi connectivity index (χ0v) is 51.5. The van der Waals surface area contributed by atoms with E-state index in [0.717, 1.165) is 0 Å². The van der Waals surface area contributed by atoms with Crippen molar-refractivity contribution in [2.45, 2.75) is 196 Å². The minimum Gasteiger partial charge on any atom is -0.396 e. The first-order valence-electron chi connectivity index (χ1n) is 30.1. The smallest absolute Gasteiger partial charge is 0.222 e. The van der Waals surface area contributed by atoms with Crippen LogP contribution in [-0.4, -0.2) is 302 Å². The zero-order chi connectivity index (χ0) is 66.1. The number of aliphatic hydroxyl groups excluding tert-OH is 10. The Hall–Kier alpha value is -4.51. The number of aliphatic hydroxyl groups is 10. The van der Waals surface area contributed by atoms with Crippen LogP contribution in [0.15, 0.2) is 0 Å². The number of carbonyl (C=O) groups excluding carboxylic acids is 7. The molecule has 0 aromatic heterocycles. The summed E-state index contributed by atoms with van der Waals surface area (Å²) in [7, 11) is 0. The van der Waals surface area contributed by atoms with Crippen LogP contribution in [0.5, 0.6) is 0 Å². The number of hydrogen-bond acceptors (Lipinski definition) is 27. The Bertz CT molecular complexity index is 2010. The second kappa shape index (κ2) is 42.6. The third-order valence-corrected chi connectivity index (χ3v) is 14.4. The Balaban J connectivity index is 1.65. The van der Waals surface area contributed by atoms with Gasteiger partial charge in [0.05, 0.1) is 90.4 Å². The van der Waals surface area contributed by atoms with Crippen LogP contribution in [0.4, 0.5) is 0 Å². The largest absolute Gasteiger partial charge is 0.396 e. The Kier molecular flexibility index (Phi) is 37.7. The molecule has 89 heavy (non-hydrogen) atoms. The highest BCUT2D eigenvalue weighted by molar-refractivity contribution is 5.84. The summed E-state index contributed by atoms with van der Waals surface area (Å²) in [6, 6.07) is -3.22. The van der Waals surface area contributed by atoms with Crippen LogP contribution in [0.3, 0.4) is 0 Å². The Morgan fingerprint density at radius 3 is 1.43 bits per heavy atom. The lowest BCUT2D eigenvalue weighted by atomic mass is 9.79. The molecule has 18 N–H and O–H groups in total. The number of rotatable bonds is 44. The van der Waals surface area contributed by atoms with Crippen molar-refractivity contribution in [3.63, 3.8) is 0 Å². The lowest BCUT2D eigenvalue weighted by molar-refractivity contribution is -0.270. The van der Waals surface area contributed by atoms with Crippen LogP contribution < -0.4 is 42.5 Å². The molecule has 1 aliphatic carbocycles. The maximum Gasteiger partial charge on any atom is 0.222 e. The molecule has 0 aromatic rings. The van der Waals surface area contributed by atoms with Gasteiger partial charge in [-0.2, -0.15) is 0 Å². The molecule has 3 fully saturated rings. The van der Waals surface area contributed by atoms with E-state index in [1.54, 1.807) is 13.8 Å². The number of carbonyl (C=O) groups is 7. The molecule has 2 aliphatic heterocycles. The molecular formula is C55H100N8O26. The van der Waals surface area contributed by atoms with Gasteiger partial charge in [-0.1, -0.05) is 0 Å². The molecule has 516 valence electrons. The molecule has 3 aliphatic rings. The second-order valence-electron chi connectivity index (χ2n) is 22.4. The number of ether oxygens (including phenoxy) is 9. The summed E-state index contributed by atoms with van der Waals surface area (Å²) in [5.41, 5.74) is -1.54. The van der Waals surface area contributed by atoms with Gasteiger partial charge in [0.2, 0.25) is 41.4 Å². The lowest BCUT2D eigenvalue weighted by Crippen LogP contribution is -2.64. The van der Waals surface area contributed by atoms with E-state index in [1.807, 2.05) is 0 Å². The molecule has 2 saturated heterocycles. The van der Waals surface area contributed by atoms with Crippen molar-refractivity contribution in [2.75, 3.05) is 106 Å². The molecule has 16 atom stereocenters. The van der Waals surface area contributed by atoms with Crippen LogP contribution in [0.2, 0.25) is 0 Å². The zero-order valence-electron chi connectivity index (χ0n) is 51.5. The van der Waals surface area contributed by atoms with Crippen molar-refractivity contribution in [3.05, 3.63) is 0 Å². The van der Waals surface area contributed by atoms with Crippen LogP contribution >= 0.6 is 0 Å². The first-order chi connectivity index (χ1) is 42.3. The van der Waals surface area contributed by atoms with Gasteiger partial charge in [-0.05, 0) is 46.1 Å². The minimum atomic E-state index is -1.54. The quantitative estimate of drug-likeness (QED) is 0.0199. The second-order valence-corrected chi connectivity index (χ2v) is 22.4. The number of nitrogens with one attached hydrogen (secondary N) is 8. The minimum absolute atomic E-state index is 0.0206. The van der Waals surface area contributed by atoms with Crippen molar-refractivity contribution in [1.82, 2.24) is 42.5 Å². The number of hydrogen-bond donors (Lipinski definition) is 18. The fraction of sp³-hybridized carbons (Fsp3) is 0.873. The van der Waals surface area contributed by atoms with E-state index in [-0.39, 0.29) is 143 Å². The summed E-state index contributed by atoms with van der Waals surface area (Å²) in [4.78, 5) is 87.7. The van der Waals surface area contributed by atoms with Gasteiger partial charge in [-0.15, -0.1) is 0 Å². The van der Waals surface area contributed by atoms with Crippen molar-refractivity contribution >= 4 is 41.4 Å². The van der Waals surface area contributed by atoms with E-state index < -0.39 is 164 Å². The Morgan fingerprint density at radius 1 is 0.517 bits per heavy atom. The van der Waals surface area contributed by atoms with Crippen LogP contribution in [0.1, 0.15) is 92.4 Å². The molecule has 34 nitrogen and oxygen atoms in total. The predicted octanol–water partition coefficient (Wildman–Crippen LogP) is -7.80. The maximum atomic E-state index is 13.7. The van der Waals surface area contributed by atoms with E-state index >= 15 is 0 Å². The van der Waals surface area contributed by atoms with Crippen molar-refractivity contribution in [3.8, 4) is 0 Å². The third-order valence-electron chi connectivity index (χ3n) is 14.4. The van der Waals surface area contributed by atoms with E-state index in [1.165, 1.54) is 20.8 Å². The average molecular weight is 1290 g/mol. The van der Waals surface area contributed by atoms with E-state index in [9.17, 15) is 84.6 Å². The highest BCUT2D eigenvalue weighted by Gasteiger charge is 2.47. The topological polar surface area (TPSA) is 501 Å². The molecule has 2 heterocycles. The Labute approximate surface area is 517 Å². The van der Waals surface area contributed by atoms with Crippen LogP contribution in [0, 0.1) is 5.92 Å². The summed E-state index contributed by atoms with van der Waals surface area (Å²) >= 11 is 0. The first kappa shape index (κ1) is 78.7. The van der Waals surface area contributed by atoms with Gasteiger partial charge >= 0.3 is 0 Å². The number of amides is 7. The molecule has 7 unspecified atom stereocenters. The standard InChI is InChI=1S/C55H100N8O26/c1-31(2)87-30-59-39(70)9-10-43(74)63-55(27-81-20-11-40(71)56-14-6-17-84-36-23-35(24-64)47(75)50(78)44(36)60-32(3)67,28-82-21-12-41(72)57-15-7-18-85-53-45(61-33(4)68)51(79)48(76)37(25-65)88-53)29-83-22-13-42(73)58-16-8-19-86-54-46(62-34(5)69)52(80)49(77)38(26-66)89-54/h31,35-38,40,44-54,56,64-66,71,75-80H,6-30H2,1-5H3,(H,57,72)(H,58,73)(H,59,70)(H,60,67)(H,61,68)(H,62,69)(H,63,74)/t35?,36-,37?,38?,40?,44?,45?,46?,47+,48+,49+,50-,51-,52-,53-,54-,55?/m1/s1. The summed E-state index contributed by atoms with van der Waals surface area (Å²) < 4.78 is 51.9. The van der Waals surface area contributed by atoms with E-state index in [0.29, 0.717) is 6.42 Å². The fourth-order valence-electron chi connectivity index (χ4n) is 9.67. The summed E-state index contributed by atoms with van der Waals surface area (Å²) in [6.45, 7) is 4.48. The molecule has 7 amide bonds. The predicted molar refractivity (Wildman–Crippen MR) is 307 cm³/mol. The summed E-state index contributed by atoms with van der Waals surface area (Å²) in [6.07, 6.45) is -15.4. The van der Waals surface area contributed by atoms with Gasteiger partial charge in [-0.3, -0.25) is 38.9 Å². The van der Waals surface area contributed by atoms with E-state index in [4.69, 9.17) is 42.6 Å².